The highest BCUT2D eigenvalue weighted by Gasteiger charge is 2.34. The maximum Gasteiger partial charge on any atom is 0.255 e. The molecule has 1 amide bonds. The Hall–Kier alpha value is -3.19. The van der Waals surface area contributed by atoms with Gasteiger partial charge in [0.15, 0.2) is 0 Å². The minimum absolute atomic E-state index is 0.328. The van der Waals surface area contributed by atoms with Crippen molar-refractivity contribution < 1.29 is 9.18 Å². The Kier molecular flexibility index (Phi) is 4.37. The topological polar surface area (TPSA) is 71.8 Å². The number of carbonyl (C=O) groups is 1. The molecule has 0 saturated carbocycles. The number of halogens is 2. The van der Waals surface area contributed by atoms with E-state index in [0.29, 0.717) is 33.5 Å². The van der Waals surface area contributed by atoms with Crippen molar-refractivity contribution >= 4 is 29.1 Å². The molecule has 27 heavy (non-hydrogen) atoms. The van der Waals surface area contributed by atoms with Gasteiger partial charge in [-0.1, -0.05) is 41.9 Å². The van der Waals surface area contributed by atoms with Crippen LogP contribution in [-0.4, -0.2) is 20.7 Å². The van der Waals surface area contributed by atoms with Crippen LogP contribution in [0.2, 0.25) is 5.02 Å². The fourth-order valence-corrected chi connectivity index (χ4v) is 3.30. The van der Waals surface area contributed by atoms with Crippen LogP contribution in [0.5, 0.6) is 0 Å². The second-order valence-electron chi connectivity index (χ2n) is 6.05. The monoisotopic (exact) mass is 383 g/mol. The molecule has 2 aromatic carbocycles. The van der Waals surface area contributed by atoms with Gasteiger partial charge >= 0.3 is 0 Å². The van der Waals surface area contributed by atoms with Crippen LogP contribution in [0.1, 0.15) is 18.5 Å². The summed E-state index contributed by atoms with van der Waals surface area (Å²) in [4.78, 5) is 17.2. The Morgan fingerprint density at radius 3 is 2.74 bits per heavy atom. The van der Waals surface area contributed by atoms with E-state index in [0.717, 1.165) is 0 Å². The highest BCUT2D eigenvalue weighted by molar-refractivity contribution is 6.33. The number of fused-ring (bicyclic) bond motifs is 1. The van der Waals surface area contributed by atoms with Crippen LogP contribution in [0.25, 0.3) is 0 Å². The maximum atomic E-state index is 14.6. The van der Waals surface area contributed by atoms with Crippen molar-refractivity contribution in [2.24, 2.45) is 0 Å². The predicted molar refractivity (Wildman–Crippen MR) is 101 cm³/mol. The molecular weight excluding hydrogens is 369 g/mol. The standard InChI is InChI=1S/C19H15ClFN5O/c1-11-16(18(27)25-15-9-5-3-7-13(15)20)17(12-6-2-4-8-14(12)21)26-19(24-11)22-10-23-26/h2-10,17H,1H3,(H,25,27)(H,22,23,24)/t17-/m0/s1. The van der Waals surface area contributed by atoms with Crippen LogP contribution in [0.4, 0.5) is 16.0 Å². The van der Waals surface area contributed by atoms with E-state index in [9.17, 15) is 9.18 Å². The zero-order valence-electron chi connectivity index (χ0n) is 14.3. The smallest absolute Gasteiger partial charge is 0.255 e. The molecule has 0 spiro atoms. The number of rotatable bonds is 3. The Bertz CT molecular complexity index is 1060. The molecule has 6 nitrogen and oxygen atoms in total. The first-order valence-electron chi connectivity index (χ1n) is 8.24. The highest BCUT2D eigenvalue weighted by atomic mass is 35.5. The number of aromatic nitrogens is 3. The van der Waals surface area contributed by atoms with Crippen molar-refractivity contribution in [3.8, 4) is 0 Å². The van der Waals surface area contributed by atoms with E-state index in [1.165, 1.54) is 17.1 Å². The summed E-state index contributed by atoms with van der Waals surface area (Å²) < 4.78 is 16.1. The molecule has 0 bridgehead atoms. The zero-order valence-corrected chi connectivity index (χ0v) is 15.0. The van der Waals surface area contributed by atoms with Gasteiger partial charge in [-0.2, -0.15) is 10.1 Å². The van der Waals surface area contributed by atoms with Crippen molar-refractivity contribution in [3.63, 3.8) is 0 Å². The van der Waals surface area contributed by atoms with Crippen molar-refractivity contribution in [2.45, 2.75) is 13.0 Å². The van der Waals surface area contributed by atoms with Crippen molar-refractivity contribution in [1.29, 1.82) is 0 Å². The van der Waals surface area contributed by atoms with Crippen molar-refractivity contribution in [1.82, 2.24) is 14.8 Å². The van der Waals surface area contributed by atoms with Gasteiger partial charge in [0.2, 0.25) is 5.95 Å². The highest BCUT2D eigenvalue weighted by Crippen LogP contribution is 2.36. The Morgan fingerprint density at radius 1 is 1.22 bits per heavy atom. The van der Waals surface area contributed by atoms with E-state index in [1.54, 1.807) is 49.4 Å². The van der Waals surface area contributed by atoms with E-state index >= 15 is 0 Å². The summed E-state index contributed by atoms with van der Waals surface area (Å²) in [5, 5.41) is 10.4. The van der Waals surface area contributed by atoms with Gasteiger partial charge in [-0.3, -0.25) is 4.79 Å². The van der Waals surface area contributed by atoms with Crippen LogP contribution in [0.15, 0.2) is 66.1 Å². The molecule has 2 heterocycles. The molecule has 0 radical (unpaired) electrons. The molecule has 1 aliphatic rings. The zero-order chi connectivity index (χ0) is 19.0. The molecule has 2 N–H and O–H groups in total. The number of nitrogens with zero attached hydrogens (tertiary/aromatic N) is 3. The average Bonchev–Trinajstić information content (AvgIpc) is 3.11. The molecule has 136 valence electrons. The number of benzene rings is 2. The molecule has 0 saturated heterocycles. The Balaban J connectivity index is 1.80. The lowest BCUT2D eigenvalue weighted by molar-refractivity contribution is -0.113. The largest absolute Gasteiger partial charge is 0.328 e. The molecule has 3 aromatic rings. The number of nitrogens with one attached hydrogen (secondary N) is 2. The second kappa shape index (κ2) is 6.85. The molecular formula is C19H15ClFN5O. The molecule has 1 aliphatic heterocycles. The number of carbonyl (C=O) groups excluding carboxylic acids is 1. The van der Waals surface area contributed by atoms with Crippen LogP contribution < -0.4 is 10.6 Å². The molecule has 1 aromatic heterocycles. The first kappa shape index (κ1) is 17.2. The van der Waals surface area contributed by atoms with Crippen molar-refractivity contribution in [2.75, 3.05) is 10.6 Å². The van der Waals surface area contributed by atoms with E-state index in [1.807, 2.05) is 0 Å². The molecule has 8 heteroatoms. The summed E-state index contributed by atoms with van der Waals surface area (Å²) >= 11 is 6.15. The SMILES string of the molecule is CC1=C(C(=O)Nc2ccccc2Cl)[C@H](c2ccccc2F)n2ncnc2N1. The van der Waals surface area contributed by atoms with Crippen LogP contribution in [0, 0.1) is 5.82 Å². The Labute approximate surface area is 159 Å². The lowest BCUT2D eigenvalue weighted by Crippen LogP contribution is -2.32. The minimum Gasteiger partial charge on any atom is -0.328 e. The third-order valence-electron chi connectivity index (χ3n) is 4.36. The van der Waals surface area contributed by atoms with Crippen molar-refractivity contribution in [3.05, 3.63) is 82.5 Å². The fraction of sp³-hybridized carbons (Fsp3) is 0.105. The lowest BCUT2D eigenvalue weighted by atomic mass is 9.94. The van der Waals surface area contributed by atoms with Gasteiger partial charge < -0.3 is 10.6 Å². The third kappa shape index (κ3) is 3.06. The van der Waals surface area contributed by atoms with Gasteiger partial charge in [0.1, 0.15) is 18.2 Å². The molecule has 0 unspecified atom stereocenters. The van der Waals surface area contributed by atoms with Gasteiger partial charge in [0.25, 0.3) is 5.91 Å². The van der Waals surface area contributed by atoms with Gasteiger partial charge in [0.05, 0.1) is 16.3 Å². The minimum atomic E-state index is -0.757. The first-order valence-corrected chi connectivity index (χ1v) is 8.61. The van der Waals surface area contributed by atoms with E-state index in [4.69, 9.17) is 11.6 Å². The molecule has 1 atom stereocenters. The second-order valence-corrected chi connectivity index (χ2v) is 6.46. The summed E-state index contributed by atoms with van der Waals surface area (Å²) in [6, 6.07) is 12.5. The Morgan fingerprint density at radius 2 is 1.96 bits per heavy atom. The van der Waals surface area contributed by atoms with Gasteiger partial charge in [-0.05, 0) is 25.1 Å². The average molecular weight is 384 g/mol. The fourth-order valence-electron chi connectivity index (χ4n) is 3.12. The van der Waals surface area contributed by atoms with Gasteiger partial charge in [0, 0.05) is 11.3 Å². The number of hydrogen-bond acceptors (Lipinski definition) is 4. The van der Waals surface area contributed by atoms with Crippen LogP contribution >= 0.6 is 11.6 Å². The summed E-state index contributed by atoms with van der Waals surface area (Å²) in [5.41, 5.74) is 1.70. The van der Waals surface area contributed by atoms with Gasteiger partial charge in [-0.15, -0.1) is 0 Å². The predicted octanol–water partition coefficient (Wildman–Crippen LogP) is 4.00. The lowest BCUT2D eigenvalue weighted by Gasteiger charge is -2.29. The number of amides is 1. The summed E-state index contributed by atoms with van der Waals surface area (Å²) in [6.07, 6.45) is 1.36. The van der Waals surface area contributed by atoms with Crippen LogP contribution in [-0.2, 0) is 4.79 Å². The number of anilines is 2. The van der Waals surface area contributed by atoms with Gasteiger partial charge in [-0.25, -0.2) is 9.07 Å². The molecule has 0 aliphatic carbocycles. The first-order chi connectivity index (χ1) is 13.1. The normalized spacial score (nSPS) is 15.9. The number of hydrogen-bond donors (Lipinski definition) is 2. The van der Waals surface area contributed by atoms with E-state index < -0.39 is 17.8 Å². The summed E-state index contributed by atoms with van der Waals surface area (Å²) in [5.74, 6) is -0.390. The molecule has 0 fully saturated rings. The summed E-state index contributed by atoms with van der Waals surface area (Å²) in [6.45, 7) is 1.74. The third-order valence-corrected chi connectivity index (χ3v) is 4.69. The molecule has 4 rings (SSSR count). The van der Waals surface area contributed by atoms with Crippen LogP contribution in [0.3, 0.4) is 0 Å². The van der Waals surface area contributed by atoms with E-state index in [2.05, 4.69) is 20.7 Å². The quantitative estimate of drug-likeness (QED) is 0.717. The number of para-hydroxylation sites is 1. The number of allylic oxidation sites excluding steroid dienone is 1. The summed E-state index contributed by atoms with van der Waals surface area (Å²) in [7, 11) is 0. The van der Waals surface area contributed by atoms with E-state index in [-0.39, 0.29) is 0 Å². The maximum absolute atomic E-state index is 14.6.